The second-order valence-corrected chi connectivity index (χ2v) is 11.8. The molecule has 0 aliphatic heterocycles. The third-order valence-electron chi connectivity index (χ3n) is 7.27. The van der Waals surface area contributed by atoms with Crippen molar-refractivity contribution in [1.82, 2.24) is 9.78 Å². The van der Waals surface area contributed by atoms with E-state index in [0.717, 1.165) is 51.6 Å². The minimum absolute atomic E-state index is 0. The maximum absolute atomic E-state index is 13.5. The zero-order valence-corrected chi connectivity index (χ0v) is 29.5. The van der Waals surface area contributed by atoms with E-state index < -0.39 is 0 Å². The van der Waals surface area contributed by atoms with Gasteiger partial charge in [0.2, 0.25) is 0 Å². The molecule has 0 bridgehead atoms. The molecule has 0 saturated carbocycles. The number of hydrogen-bond donors (Lipinski definition) is 3. The SMILES string of the molecule is CC/C(=C(/C)c1cn(-c2cc(C(=O)Nc3cc(C(C)(C)C)cc(NSC)c3OC)ccc2C)[n-]1)N(N)c1ccccc1.[Na+]. The number of carbonyl (C=O) groups is 1. The van der Waals surface area contributed by atoms with Crippen LogP contribution in [0.15, 0.2) is 72.6 Å². The van der Waals surface area contributed by atoms with Gasteiger partial charge in [-0.15, -0.1) is 5.69 Å². The number of nitrogens with one attached hydrogen (secondary N) is 2. The molecular weight excluding hydrogens is 567 g/mol. The number of aryl methyl sites for hydroxylation is 1. The first-order chi connectivity index (χ1) is 20.0. The average molecular weight is 609 g/mol. The van der Waals surface area contributed by atoms with E-state index in [9.17, 15) is 4.79 Å². The molecule has 0 unspecified atom stereocenters. The number of nitrogens with zero attached hydrogens (tertiary/aromatic N) is 3. The van der Waals surface area contributed by atoms with Crippen LogP contribution in [0.4, 0.5) is 17.1 Å². The average Bonchev–Trinajstić information content (AvgIpc) is 2.93. The van der Waals surface area contributed by atoms with Crippen LogP contribution in [0.2, 0.25) is 0 Å². The van der Waals surface area contributed by atoms with Gasteiger partial charge >= 0.3 is 29.6 Å². The van der Waals surface area contributed by atoms with Gasteiger partial charge in [0, 0.05) is 23.2 Å². The van der Waals surface area contributed by atoms with E-state index in [1.807, 2.05) is 85.6 Å². The van der Waals surface area contributed by atoms with Gasteiger partial charge in [-0.05, 0) is 85.0 Å². The van der Waals surface area contributed by atoms with Crippen molar-refractivity contribution in [3.05, 3.63) is 94.9 Å². The minimum atomic E-state index is -0.230. The summed E-state index contributed by atoms with van der Waals surface area (Å²) in [4.78, 5) is 13.5. The van der Waals surface area contributed by atoms with Crippen molar-refractivity contribution < 1.29 is 39.1 Å². The number of amides is 1. The van der Waals surface area contributed by atoms with Crippen LogP contribution >= 0.6 is 11.9 Å². The molecule has 0 spiro atoms. The smallest absolute Gasteiger partial charge is 0.589 e. The fourth-order valence-corrected chi connectivity index (χ4v) is 5.16. The van der Waals surface area contributed by atoms with Gasteiger partial charge in [-0.25, -0.2) is 5.84 Å². The van der Waals surface area contributed by atoms with Crippen molar-refractivity contribution >= 4 is 40.5 Å². The molecule has 1 heterocycles. The Balaban J connectivity index is 0.00000506. The van der Waals surface area contributed by atoms with E-state index in [-0.39, 0.29) is 40.9 Å². The van der Waals surface area contributed by atoms with Gasteiger partial charge in [-0.3, -0.25) is 9.80 Å². The Hall–Kier alpha value is -3.08. The molecule has 0 aliphatic carbocycles. The Bertz CT molecular complexity index is 1570. The Morgan fingerprint density at radius 2 is 1.74 bits per heavy atom. The van der Waals surface area contributed by atoms with E-state index in [4.69, 9.17) is 15.7 Å². The third-order valence-corrected chi connectivity index (χ3v) is 7.70. The first-order valence-electron chi connectivity index (χ1n) is 13.9. The molecule has 1 aromatic heterocycles. The minimum Gasteiger partial charge on any atom is -0.589 e. The quantitative estimate of drug-likeness (QED) is 0.105. The number of hydrogen-bond acceptors (Lipinski definition) is 6. The van der Waals surface area contributed by atoms with Gasteiger partial charge in [0.15, 0.2) is 5.75 Å². The number of ether oxygens (including phenoxy) is 1. The van der Waals surface area contributed by atoms with Gasteiger partial charge in [0.1, 0.15) is 0 Å². The molecule has 10 heteroatoms. The summed E-state index contributed by atoms with van der Waals surface area (Å²) in [7, 11) is 1.61. The summed E-state index contributed by atoms with van der Waals surface area (Å²) in [5.74, 6) is 6.82. The van der Waals surface area contributed by atoms with E-state index >= 15 is 0 Å². The van der Waals surface area contributed by atoms with Crippen molar-refractivity contribution in [1.29, 1.82) is 0 Å². The summed E-state index contributed by atoms with van der Waals surface area (Å²) < 4.78 is 10.8. The number of allylic oxidation sites excluding steroid dienone is 2. The third kappa shape index (κ3) is 7.72. The summed E-state index contributed by atoms with van der Waals surface area (Å²) in [6.45, 7) is 12.5. The summed E-state index contributed by atoms with van der Waals surface area (Å²) in [6, 6.07) is 19.5. The molecule has 0 saturated heterocycles. The van der Waals surface area contributed by atoms with E-state index in [2.05, 4.69) is 43.8 Å². The van der Waals surface area contributed by atoms with Crippen LogP contribution in [0.3, 0.4) is 0 Å². The Morgan fingerprint density at radius 3 is 2.33 bits per heavy atom. The zero-order chi connectivity index (χ0) is 30.6. The molecule has 8 nitrogen and oxygen atoms in total. The van der Waals surface area contributed by atoms with Crippen LogP contribution < -0.4 is 60.3 Å². The molecule has 0 aliphatic rings. The number of anilines is 3. The number of benzene rings is 3. The van der Waals surface area contributed by atoms with Crippen LogP contribution in [0.5, 0.6) is 5.75 Å². The standard InChI is InChI=1S/C33H41N6O2S.Na/c1-9-29(39(34)25-13-11-10-12-14-25)22(3)28-20-38(36-28)30-17-23(16-15-21(30)2)32(40)35-26-18-24(33(4,5)6)19-27(37-42-8)31(26)41-7;/h10-20,37H,9,34H2,1-8H3,(H,35,40);/q-1;+1/b29-22+;. The first-order valence-corrected chi connectivity index (χ1v) is 15.2. The second-order valence-electron chi connectivity index (χ2n) is 11.2. The molecular formula is C33H41N6NaO2S. The van der Waals surface area contributed by atoms with Crippen molar-refractivity contribution in [3.8, 4) is 11.4 Å². The predicted molar refractivity (Wildman–Crippen MR) is 177 cm³/mol. The molecule has 43 heavy (non-hydrogen) atoms. The van der Waals surface area contributed by atoms with E-state index in [0.29, 0.717) is 17.0 Å². The fraction of sp³-hybridized carbons (Fsp3) is 0.303. The van der Waals surface area contributed by atoms with E-state index in [1.54, 1.807) is 12.1 Å². The van der Waals surface area contributed by atoms with E-state index in [1.165, 1.54) is 11.9 Å². The van der Waals surface area contributed by atoms with Crippen molar-refractivity contribution in [2.45, 2.75) is 53.4 Å². The maximum Gasteiger partial charge on any atom is 1.00 e. The van der Waals surface area contributed by atoms with Gasteiger partial charge < -0.3 is 24.6 Å². The largest absolute Gasteiger partial charge is 1.00 e. The molecule has 0 radical (unpaired) electrons. The summed E-state index contributed by atoms with van der Waals surface area (Å²) in [6.07, 6.45) is 4.68. The maximum atomic E-state index is 13.5. The molecule has 3 aromatic carbocycles. The number of aromatic nitrogens is 2. The monoisotopic (exact) mass is 608 g/mol. The van der Waals surface area contributed by atoms with Crippen LogP contribution in [-0.2, 0) is 5.41 Å². The Labute approximate surface area is 281 Å². The van der Waals surface area contributed by atoms with Gasteiger partial charge in [0.05, 0.1) is 24.2 Å². The van der Waals surface area contributed by atoms with Crippen molar-refractivity contribution in [2.75, 3.05) is 28.4 Å². The zero-order valence-electron chi connectivity index (χ0n) is 26.7. The van der Waals surface area contributed by atoms with Gasteiger partial charge in [-0.1, -0.05) is 63.9 Å². The molecule has 4 N–H and O–H groups in total. The number of para-hydroxylation sites is 1. The topological polar surface area (TPSA) is 98.7 Å². The normalized spacial score (nSPS) is 11.8. The summed E-state index contributed by atoms with van der Waals surface area (Å²) in [5, 5.41) is 9.57. The molecule has 1 amide bonds. The number of nitrogens with two attached hydrogens (primary N) is 1. The van der Waals surface area contributed by atoms with Crippen LogP contribution in [-0.4, -0.2) is 24.0 Å². The molecule has 0 atom stereocenters. The van der Waals surface area contributed by atoms with Crippen LogP contribution in [0.25, 0.3) is 11.3 Å². The van der Waals surface area contributed by atoms with Crippen molar-refractivity contribution in [3.63, 3.8) is 0 Å². The van der Waals surface area contributed by atoms with Crippen LogP contribution in [0.1, 0.15) is 68.2 Å². The number of rotatable bonds is 10. The number of carbonyl (C=O) groups excluding carboxylic acids is 1. The van der Waals surface area contributed by atoms with Crippen LogP contribution in [0, 0.1) is 6.92 Å². The first kappa shape index (κ1) is 34.4. The Kier molecular flexibility index (Phi) is 11.7. The predicted octanol–water partition coefficient (Wildman–Crippen LogP) is 4.52. The molecule has 4 rings (SSSR count). The number of methoxy groups -OCH3 is 1. The van der Waals surface area contributed by atoms with Crippen molar-refractivity contribution in [2.24, 2.45) is 5.84 Å². The molecule has 222 valence electrons. The second kappa shape index (κ2) is 14.6. The van der Waals surface area contributed by atoms with Gasteiger partial charge in [0.25, 0.3) is 5.91 Å². The molecule has 4 aromatic rings. The summed E-state index contributed by atoms with van der Waals surface area (Å²) in [5.41, 5.74) is 8.52. The van der Waals surface area contributed by atoms with Gasteiger partial charge in [-0.2, -0.15) is 0 Å². The summed E-state index contributed by atoms with van der Waals surface area (Å²) >= 11 is 1.47. The number of hydrazine groups is 1. The fourth-order valence-electron chi connectivity index (χ4n) is 4.79. The molecule has 0 fully saturated rings. The Morgan fingerprint density at radius 1 is 1.09 bits per heavy atom.